The van der Waals surface area contributed by atoms with E-state index in [1.165, 1.54) is 34.6 Å². The van der Waals surface area contributed by atoms with Gasteiger partial charge in [0.15, 0.2) is 5.78 Å². The van der Waals surface area contributed by atoms with Gasteiger partial charge in [-0.3, -0.25) is 14.9 Å². The fourth-order valence-corrected chi connectivity index (χ4v) is 5.02. The number of benzene rings is 2. The minimum Gasteiger partial charge on any atom is -0.378 e. The van der Waals surface area contributed by atoms with Gasteiger partial charge in [0, 0.05) is 30.4 Å². The predicted octanol–water partition coefficient (Wildman–Crippen LogP) is 3.96. The molecule has 0 aromatic heterocycles. The summed E-state index contributed by atoms with van der Waals surface area (Å²) in [5.41, 5.74) is 0.491. The normalized spacial score (nSPS) is 15.7. The average molecular weight is 452 g/mol. The molecule has 8 nitrogen and oxygen atoms in total. The van der Waals surface area contributed by atoms with Crippen LogP contribution in [0.1, 0.15) is 30.1 Å². The Kier molecular flexibility index (Phi) is 6.74. The number of piperidine rings is 1. The molecule has 0 spiro atoms. The Bertz CT molecular complexity index is 1070. The molecule has 160 valence electrons. The first kappa shape index (κ1) is 22.2. The van der Waals surface area contributed by atoms with Crippen molar-refractivity contribution in [1.29, 1.82) is 0 Å². The number of nitrogens with one attached hydrogen (secondary N) is 1. The van der Waals surface area contributed by atoms with Crippen LogP contribution < -0.4 is 5.32 Å². The highest BCUT2D eigenvalue weighted by atomic mass is 35.5. The van der Waals surface area contributed by atoms with E-state index in [-0.39, 0.29) is 33.5 Å². The summed E-state index contributed by atoms with van der Waals surface area (Å²) in [6.45, 7) is 2.95. The van der Waals surface area contributed by atoms with E-state index in [0.29, 0.717) is 24.7 Å². The Morgan fingerprint density at radius 1 is 1.23 bits per heavy atom. The molecule has 0 atom stereocenters. The molecule has 1 fully saturated rings. The highest BCUT2D eigenvalue weighted by molar-refractivity contribution is 7.89. The summed E-state index contributed by atoms with van der Waals surface area (Å²) in [6.07, 6.45) is 1.64. The van der Waals surface area contributed by atoms with Crippen LogP contribution in [0.25, 0.3) is 0 Å². The third-order valence-electron chi connectivity index (χ3n) is 5.13. The van der Waals surface area contributed by atoms with E-state index < -0.39 is 14.9 Å². The van der Waals surface area contributed by atoms with Crippen LogP contribution in [0.5, 0.6) is 0 Å². The van der Waals surface area contributed by atoms with Crippen LogP contribution in [0.2, 0.25) is 5.02 Å². The zero-order chi connectivity index (χ0) is 21.9. The topological polar surface area (TPSA) is 110 Å². The molecule has 1 aliphatic rings. The molecule has 30 heavy (non-hydrogen) atoms. The maximum absolute atomic E-state index is 12.9. The van der Waals surface area contributed by atoms with Gasteiger partial charge in [-0.05, 0) is 43.0 Å². The molecular formula is C20H22ClN3O5S. The lowest BCUT2D eigenvalue weighted by atomic mass is 10.0. The second kappa shape index (κ2) is 9.11. The molecule has 0 aliphatic carbocycles. The second-order valence-corrected chi connectivity index (χ2v) is 9.66. The van der Waals surface area contributed by atoms with Crippen molar-refractivity contribution < 1.29 is 18.1 Å². The van der Waals surface area contributed by atoms with Crippen LogP contribution in [0.15, 0.2) is 47.4 Å². The molecule has 10 heteroatoms. The van der Waals surface area contributed by atoms with E-state index >= 15 is 0 Å². The number of nitro groups is 1. The third kappa shape index (κ3) is 4.97. The molecule has 2 aromatic rings. The molecule has 1 N–H and O–H groups in total. The maximum Gasteiger partial charge on any atom is 0.288 e. The van der Waals surface area contributed by atoms with E-state index in [0.717, 1.165) is 12.8 Å². The van der Waals surface area contributed by atoms with Gasteiger partial charge >= 0.3 is 0 Å². The number of ketones is 1. The molecule has 0 amide bonds. The number of nitro benzene ring substituents is 1. The van der Waals surface area contributed by atoms with Crippen molar-refractivity contribution >= 4 is 38.8 Å². The van der Waals surface area contributed by atoms with Gasteiger partial charge in [-0.2, -0.15) is 4.31 Å². The summed E-state index contributed by atoms with van der Waals surface area (Å²) in [7, 11) is -3.65. The lowest BCUT2D eigenvalue weighted by Crippen LogP contribution is -2.37. The van der Waals surface area contributed by atoms with Gasteiger partial charge in [-0.15, -0.1) is 0 Å². The first-order chi connectivity index (χ1) is 14.2. The van der Waals surface area contributed by atoms with Crippen LogP contribution >= 0.6 is 11.6 Å². The first-order valence-corrected chi connectivity index (χ1v) is 11.3. The van der Waals surface area contributed by atoms with Gasteiger partial charge in [0.1, 0.15) is 5.02 Å². The minimum atomic E-state index is -3.65. The van der Waals surface area contributed by atoms with Gasteiger partial charge in [0.05, 0.1) is 16.4 Å². The summed E-state index contributed by atoms with van der Waals surface area (Å²) in [5.74, 6) is 0.192. The third-order valence-corrected chi connectivity index (χ3v) is 7.33. The molecule has 1 saturated heterocycles. The number of anilines is 1. The van der Waals surface area contributed by atoms with Crippen molar-refractivity contribution in [3.8, 4) is 0 Å². The lowest BCUT2D eigenvalue weighted by Gasteiger charge is -2.29. The maximum atomic E-state index is 12.9. The Balaban J connectivity index is 1.70. The van der Waals surface area contributed by atoms with Crippen LogP contribution in [0.4, 0.5) is 11.4 Å². The highest BCUT2D eigenvalue weighted by Gasteiger charge is 2.28. The number of hydrogen-bond acceptors (Lipinski definition) is 6. The van der Waals surface area contributed by atoms with Crippen molar-refractivity contribution in [2.75, 3.05) is 25.0 Å². The largest absolute Gasteiger partial charge is 0.378 e. The fraction of sp³-hybridized carbons (Fsp3) is 0.350. The smallest absolute Gasteiger partial charge is 0.288 e. The number of rotatable bonds is 7. The minimum absolute atomic E-state index is 0.0404. The number of carbonyl (C=O) groups is 1. The highest BCUT2D eigenvalue weighted by Crippen LogP contribution is 2.27. The van der Waals surface area contributed by atoms with E-state index in [1.54, 1.807) is 12.1 Å². The van der Waals surface area contributed by atoms with Crippen molar-refractivity contribution in [1.82, 2.24) is 4.31 Å². The van der Waals surface area contributed by atoms with Crippen LogP contribution in [0.3, 0.4) is 0 Å². The number of Topliss-reactive ketones (excluding diaryl/α,β-unsaturated/α-hetero) is 1. The molecular weight excluding hydrogens is 430 g/mol. The molecule has 0 unspecified atom stereocenters. The molecule has 1 aliphatic heterocycles. The number of hydrogen-bond donors (Lipinski definition) is 1. The summed E-state index contributed by atoms with van der Waals surface area (Å²) in [5, 5.41) is 13.6. The Hall–Kier alpha value is -2.49. The number of nitrogens with zero attached hydrogens (tertiary/aromatic N) is 2. The van der Waals surface area contributed by atoms with E-state index in [9.17, 15) is 23.3 Å². The quantitative estimate of drug-likeness (QED) is 0.387. The van der Waals surface area contributed by atoms with E-state index in [4.69, 9.17) is 11.6 Å². The molecule has 2 aromatic carbocycles. The summed E-state index contributed by atoms with van der Waals surface area (Å²) >= 11 is 5.87. The number of carbonyl (C=O) groups excluding carboxylic acids is 1. The monoisotopic (exact) mass is 451 g/mol. The fourth-order valence-electron chi connectivity index (χ4n) is 3.25. The van der Waals surface area contributed by atoms with Crippen molar-refractivity contribution in [3.63, 3.8) is 0 Å². The Labute approximate surface area is 180 Å². The molecule has 0 radical (unpaired) electrons. The van der Waals surface area contributed by atoms with Crippen LogP contribution in [0, 0.1) is 16.0 Å². The summed E-state index contributed by atoms with van der Waals surface area (Å²) < 4.78 is 27.3. The van der Waals surface area contributed by atoms with Crippen molar-refractivity contribution in [2.45, 2.75) is 24.7 Å². The van der Waals surface area contributed by atoms with Gasteiger partial charge in [0.2, 0.25) is 10.0 Å². The standard InChI is InChI=1S/C20H22ClN3O5S/c1-14-7-9-23(10-8-14)30(28,29)17-4-2-3-15(11-17)20(25)13-22-16-5-6-19(24(26)27)18(21)12-16/h2-6,11-12,14,22H,7-10,13H2,1H3. The second-order valence-electron chi connectivity index (χ2n) is 7.31. The summed E-state index contributed by atoms with van der Waals surface area (Å²) in [6, 6.07) is 10.1. The summed E-state index contributed by atoms with van der Waals surface area (Å²) in [4.78, 5) is 22.9. The van der Waals surface area contributed by atoms with Crippen LogP contribution in [-0.4, -0.2) is 43.1 Å². The van der Waals surface area contributed by atoms with Gasteiger partial charge in [0.25, 0.3) is 5.69 Å². The van der Waals surface area contributed by atoms with E-state index in [2.05, 4.69) is 12.2 Å². The van der Waals surface area contributed by atoms with Crippen molar-refractivity contribution in [3.05, 3.63) is 63.2 Å². The average Bonchev–Trinajstić information content (AvgIpc) is 2.72. The molecule has 0 bridgehead atoms. The SMILES string of the molecule is CC1CCN(S(=O)(=O)c2cccc(C(=O)CNc3ccc([N+](=O)[O-])c(Cl)c3)c2)CC1. The van der Waals surface area contributed by atoms with Gasteiger partial charge in [-0.1, -0.05) is 30.7 Å². The lowest BCUT2D eigenvalue weighted by molar-refractivity contribution is -0.384. The molecule has 0 saturated carbocycles. The Morgan fingerprint density at radius 3 is 2.57 bits per heavy atom. The van der Waals surface area contributed by atoms with Gasteiger partial charge in [-0.25, -0.2) is 8.42 Å². The van der Waals surface area contributed by atoms with Gasteiger partial charge < -0.3 is 5.32 Å². The first-order valence-electron chi connectivity index (χ1n) is 9.49. The zero-order valence-corrected chi connectivity index (χ0v) is 17.9. The molecule has 3 rings (SSSR count). The molecule has 1 heterocycles. The van der Waals surface area contributed by atoms with Crippen molar-refractivity contribution in [2.24, 2.45) is 5.92 Å². The van der Waals surface area contributed by atoms with Crippen LogP contribution in [-0.2, 0) is 10.0 Å². The Morgan fingerprint density at radius 2 is 1.93 bits per heavy atom. The number of halogens is 1. The van der Waals surface area contributed by atoms with E-state index in [1.807, 2.05) is 0 Å². The number of sulfonamides is 1. The zero-order valence-electron chi connectivity index (χ0n) is 16.4. The predicted molar refractivity (Wildman–Crippen MR) is 115 cm³/mol.